The second-order valence-corrected chi connectivity index (χ2v) is 5.75. The van der Waals surface area contributed by atoms with E-state index in [9.17, 15) is 0 Å². The highest BCUT2D eigenvalue weighted by Gasteiger charge is 2.17. The predicted molar refractivity (Wildman–Crippen MR) is 73.3 cm³/mol. The van der Waals surface area contributed by atoms with Crippen LogP contribution in [0, 0.1) is 12.8 Å². The van der Waals surface area contributed by atoms with E-state index in [-0.39, 0.29) is 0 Å². The second kappa shape index (κ2) is 5.87. The molecule has 0 amide bonds. The van der Waals surface area contributed by atoms with Crippen molar-refractivity contribution >= 4 is 11.6 Å². The van der Waals surface area contributed by atoms with Gasteiger partial charge in [0.15, 0.2) is 0 Å². The maximum atomic E-state index is 6.27. The summed E-state index contributed by atoms with van der Waals surface area (Å²) in [7, 11) is 1.89. The zero-order valence-electron chi connectivity index (χ0n) is 11.8. The van der Waals surface area contributed by atoms with E-state index in [4.69, 9.17) is 11.6 Å². The van der Waals surface area contributed by atoms with Crippen LogP contribution in [0.2, 0.25) is 5.15 Å². The van der Waals surface area contributed by atoms with Gasteiger partial charge in [-0.1, -0.05) is 25.4 Å². The van der Waals surface area contributed by atoms with E-state index in [1.807, 2.05) is 14.0 Å². The lowest BCUT2D eigenvalue weighted by molar-refractivity contribution is 0.189. The van der Waals surface area contributed by atoms with Crippen molar-refractivity contribution in [3.8, 4) is 0 Å². The molecule has 0 aliphatic carbocycles. The van der Waals surface area contributed by atoms with Crippen LogP contribution >= 0.6 is 11.6 Å². The number of aryl methyl sites for hydroxylation is 2. The van der Waals surface area contributed by atoms with Crippen molar-refractivity contribution < 1.29 is 0 Å². The van der Waals surface area contributed by atoms with Crippen molar-refractivity contribution in [2.75, 3.05) is 6.54 Å². The van der Waals surface area contributed by atoms with Gasteiger partial charge in [0.25, 0.3) is 0 Å². The Kier molecular flexibility index (Phi) is 5.02. The van der Waals surface area contributed by atoms with Crippen LogP contribution in [0.25, 0.3) is 0 Å². The summed E-state index contributed by atoms with van der Waals surface area (Å²) in [6.07, 6.45) is 0. The first-order valence-corrected chi connectivity index (χ1v) is 6.62. The summed E-state index contributed by atoms with van der Waals surface area (Å²) < 4.78 is 1.75. The van der Waals surface area contributed by atoms with E-state index in [2.05, 4.69) is 37.7 Å². The van der Waals surface area contributed by atoms with Gasteiger partial charge < -0.3 is 0 Å². The third kappa shape index (κ3) is 3.71. The van der Waals surface area contributed by atoms with Crippen LogP contribution in [0.3, 0.4) is 0 Å². The number of aromatic nitrogens is 2. The molecule has 1 aromatic heterocycles. The minimum absolute atomic E-state index is 0.521. The molecule has 0 radical (unpaired) electrons. The van der Waals surface area contributed by atoms with Crippen molar-refractivity contribution in [2.24, 2.45) is 13.0 Å². The molecule has 0 saturated carbocycles. The molecule has 17 heavy (non-hydrogen) atoms. The molecule has 0 saturated heterocycles. The standard InChI is InChI=1S/C13H24ClN3/c1-9(2)7-17(10(3)4)8-12-11(5)15-16(6)13(12)14/h9-10H,7-8H2,1-6H3. The molecule has 1 aromatic rings. The Bertz CT molecular complexity index is 369. The average molecular weight is 258 g/mol. The van der Waals surface area contributed by atoms with Gasteiger partial charge in [0.05, 0.1) is 5.69 Å². The van der Waals surface area contributed by atoms with Crippen LogP contribution in [0.5, 0.6) is 0 Å². The molecule has 0 fully saturated rings. The Balaban J connectivity index is 2.86. The van der Waals surface area contributed by atoms with Gasteiger partial charge in [-0.25, -0.2) is 0 Å². The maximum absolute atomic E-state index is 6.27. The zero-order chi connectivity index (χ0) is 13.2. The first-order chi connectivity index (χ1) is 7.82. The lowest BCUT2D eigenvalue weighted by atomic mass is 10.1. The molecule has 0 spiro atoms. The molecular formula is C13H24ClN3. The Morgan fingerprint density at radius 1 is 1.29 bits per heavy atom. The number of nitrogens with zero attached hydrogens (tertiary/aromatic N) is 3. The molecule has 1 heterocycles. The van der Waals surface area contributed by atoms with Crippen LogP contribution in [0.4, 0.5) is 0 Å². The van der Waals surface area contributed by atoms with E-state index < -0.39 is 0 Å². The maximum Gasteiger partial charge on any atom is 0.131 e. The highest BCUT2D eigenvalue weighted by molar-refractivity contribution is 6.30. The third-order valence-corrected chi connectivity index (χ3v) is 3.43. The van der Waals surface area contributed by atoms with E-state index in [0.29, 0.717) is 12.0 Å². The van der Waals surface area contributed by atoms with Gasteiger partial charge in [-0.05, 0) is 26.7 Å². The predicted octanol–water partition coefficient (Wildman–Crippen LogP) is 3.25. The van der Waals surface area contributed by atoms with Crippen molar-refractivity contribution in [3.63, 3.8) is 0 Å². The lowest BCUT2D eigenvalue weighted by Crippen LogP contribution is -2.33. The van der Waals surface area contributed by atoms with E-state index in [1.54, 1.807) is 4.68 Å². The summed E-state index contributed by atoms with van der Waals surface area (Å²) >= 11 is 6.27. The molecule has 0 bridgehead atoms. The van der Waals surface area contributed by atoms with Gasteiger partial charge in [-0.2, -0.15) is 5.10 Å². The Morgan fingerprint density at radius 2 is 1.88 bits per heavy atom. The number of hydrogen-bond donors (Lipinski definition) is 0. The molecule has 0 unspecified atom stereocenters. The molecule has 4 heteroatoms. The summed E-state index contributed by atoms with van der Waals surface area (Å²) in [6, 6.07) is 0.521. The zero-order valence-corrected chi connectivity index (χ0v) is 12.5. The minimum atomic E-state index is 0.521. The van der Waals surface area contributed by atoms with Crippen LogP contribution in [-0.2, 0) is 13.6 Å². The van der Waals surface area contributed by atoms with E-state index in [1.165, 1.54) is 0 Å². The Labute approximate surface area is 110 Å². The smallest absolute Gasteiger partial charge is 0.131 e. The highest BCUT2D eigenvalue weighted by atomic mass is 35.5. The fraction of sp³-hybridized carbons (Fsp3) is 0.769. The number of halogens is 1. The second-order valence-electron chi connectivity index (χ2n) is 5.40. The van der Waals surface area contributed by atoms with Crippen LogP contribution in [0.1, 0.15) is 39.0 Å². The highest BCUT2D eigenvalue weighted by Crippen LogP contribution is 2.21. The van der Waals surface area contributed by atoms with Crippen molar-refractivity contribution in [1.29, 1.82) is 0 Å². The Morgan fingerprint density at radius 3 is 2.24 bits per heavy atom. The molecule has 0 N–H and O–H groups in total. The SMILES string of the molecule is Cc1nn(C)c(Cl)c1CN(CC(C)C)C(C)C. The fourth-order valence-electron chi connectivity index (χ4n) is 1.98. The summed E-state index contributed by atoms with van der Waals surface area (Å²) in [6.45, 7) is 12.9. The summed E-state index contributed by atoms with van der Waals surface area (Å²) in [4.78, 5) is 2.44. The van der Waals surface area contributed by atoms with Crippen molar-refractivity contribution in [1.82, 2.24) is 14.7 Å². The quantitative estimate of drug-likeness (QED) is 0.808. The lowest BCUT2D eigenvalue weighted by Gasteiger charge is -2.28. The largest absolute Gasteiger partial charge is 0.296 e. The van der Waals surface area contributed by atoms with Gasteiger partial charge in [0, 0.05) is 31.7 Å². The topological polar surface area (TPSA) is 21.1 Å². The van der Waals surface area contributed by atoms with Gasteiger partial charge in [0.2, 0.25) is 0 Å². The fourth-order valence-corrected chi connectivity index (χ4v) is 2.22. The first-order valence-electron chi connectivity index (χ1n) is 6.25. The summed E-state index contributed by atoms with van der Waals surface area (Å²) in [5, 5.41) is 5.12. The summed E-state index contributed by atoms with van der Waals surface area (Å²) in [5.74, 6) is 0.660. The third-order valence-electron chi connectivity index (χ3n) is 2.96. The van der Waals surface area contributed by atoms with Gasteiger partial charge in [-0.15, -0.1) is 0 Å². The molecular weight excluding hydrogens is 234 g/mol. The molecule has 1 rings (SSSR count). The van der Waals surface area contributed by atoms with Gasteiger partial charge >= 0.3 is 0 Å². The Hall–Kier alpha value is -0.540. The molecule has 3 nitrogen and oxygen atoms in total. The molecule has 0 aliphatic heterocycles. The van der Waals surface area contributed by atoms with Crippen molar-refractivity contribution in [3.05, 3.63) is 16.4 Å². The van der Waals surface area contributed by atoms with Crippen LogP contribution < -0.4 is 0 Å². The molecule has 0 atom stereocenters. The van der Waals surface area contributed by atoms with Gasteiger partial charge in [0.1, 0.15) is 5.15 Å². The first kappa shape index (κ1) is 14.5. The number of rotatable bonds is 5. The minimum Gasteiger partial charge on any atom is -0.296 e. The normalized spacial score (nSPS) is 12.1. The molecule has 0 aliphatic rings. The van der Waals surface area contributed by atoms with Crippen LogP contribution in [-0.4, -0.2) is 27.3 Å². The number of hydrogen-bond acceptors (Lipinski definition) is 2. The van der Waals surface area contributed by atoms with E-state index >= 15 is 0 Å². The van der Waals surface area contributed by atoms with Crippen molar-refractivity contribution in [2.45, 2.75) is 47.2 Å². The molecule has 0 aromatic carbocycles. The molecule has 98 valence electrons. The van der Waals surface area contributed by atoms with E-state index in [0.717, 1.165) is 29.5 Å². The monoisotopic (exact) mass is 257 g/mol. The van der Waals surface area contributed by atoms with Crippen LogP contribution in [0.15, 0.2) is 0 Å². The average Bonchev–Trinajstić information content (AvgIpc) is 2.43. The van der Waals surface area contributed by atoms with Gasteiger partial charge in [-0.3, -0.25) is 9.58 Å². The summed E-state index contributed by atoms with van der Waals surface area (Å²) in [5.41, 5.74) is 2.19.